The molecule has 3 aromatic rings. The van der Waals surface area contributed by atoms with E-state index in [1.165, 1.54) is 5.56 Å². The summed E-state index contributed by atoms with van der Waals surface area (Å²) >= 11 is 0. The van der Waals surface area contributed by atoms with Crippen LogP contribution in [-0.4, -0.2) is 46.9 Å². The highest BCUT2D eigenvalue weighted by atomic mass is 16.5. The molecule has 2 N–H and O–H groups in total. The molecular formula is C23H28N6O2. The molecule has 1 aromatic carbocycles. The van der Waals surface area contributed by atoms with Crippen LogP contribution in [0.2, 0.25) is 0 Å². The fourth-order valence-corrected chi connectivity index (χ4v) is 4.60. The Morgan fingerprint density at radius 2 is 1.77 bits per heavy atom. The summed E-state index contributed by atoms with van der Waals surface area (Å²) in [6.07, 6.45) is 8.88. The molecular weight excluding hydrogens is 392 g/mol. The molecule has 2 fully saturated rings. The number of nitrogens with two attached hydrogens (primary N) is 1. The van der Waals surface area contributed by atoms with Crippen molar-refractivity contribution < 1.29 is 9.26 Å². The monoisotopic (exact) mass is 420 g/mol. The third-order valence-corrected chi connectivity index (χ3v) is 6.69. The zero-order valence-corrected chi connectivity index (χ0v) is 17.8. The van der Waals surface area contributed by atoms with E-state index >= 15 is 0 Å². The second-order valence-electron chi connectivity index (χ2n) is 8.68. The number of hydrogen-bond donors (Lipinski definition) is 1. The van der Waals surface area contributed by atoms with Gasteiger partial charge in [-0.3, -0.25) is 0 Å². The second kappa shape index (κ2) is 8.26. The van der Waals surface area contributed by atoms with E-state index in [0.717, 1.165) is 68.8 Å². The quantitative estimate of drug-likeness (QED) is 0.647. The van der Waals surface area contributed by atoms with Crippen LogP contribution in [0.1, 0.15) is 43.5 Å². The topological polar surface area (TPSA) is 103 Å². The lowest BCUT2D eigenvalue weighted by Gasteiger charge is -2.39. The maximum atomic E-state index is 5.68. The Labute approximate surface area is 181 Å². The van der Waals surface area contributed by atoms with Gasteiger partial charge in [-0.25, -0.2) is 9.97 Å². The maximum Gasteiger partial charge on any atom is 0.323 e. The molecule has 0 unspecified atom stereocenters. The molecule has 31 heavy (non-hydrogen) atoms. The number of rotatable bonds is 6. The summed E-state index contributed by atoms with van der Waals surface area (Å²) in [7, 11) is 2.03. The van der Waals surface area contributed by atoms with Crippen LogP contribution in [-0.2, 0) is 10.2 Å². The van der Waals surface area contributed by atoms with E-state index in [1.54, 1.807) is 12.4 Å². The van der Waals surface area contributed by atoms with Gasteiger partial charge in [-0.1, -0.05) is 35.8 Å². The summed E-state index contributed by atoms with van der Waals surface area (Å²) in [6.45, 7) is 2.60. The molecule has 0 bridgehead atoms. The van der Waals surface area contributed by atoms with E-state index in [-0.39, 0.29) is 11.4 Å². The van der Waals surface area contributed by atoms with Gasteiger partial charge >= 0.3 is 6.01 Å². The number of hydrogen-bond acceptors (Lipinski definition) is 8. The molecule has 1 aliphatic carbocycles. The van der Waals surface area contributed by atoms with Crippen molar-refractivity contribution >= 4 is 12.0 Å². The first-order chi connectivity index (χ1) is 15.1. The Morgan fingerprint density at radius 3 is 2.42 bits per heavy atom. The first-order valence-electron chi connectivity index (χ1n) is 11.0. The first kappa shape index (κ1) is 19.9. The standard InChI is InChI=1S/C23H28N6O2/c1-29(15-16-7-11-30-12-8-16)22-27-20(28-31-22)23(9-2-10-23)19-5-3-17(4-6-19)18-13-25-21(24)26-14-18/h3-6,13-14,16H,2,7-12,15H2,1H3,(H2,24,25,26). The van der Waals surface area contributed by atoms with E-state index < -0.39 is 0 Å². The average Bonchev–Trinajstić information content (AvgIpc) is 3.25. The number of ether oxygens (including phenoxy) is 1. The first-order valence-corrected chi connectivity index (χ1v) is 11.0. The smallest absolute Gasteiger partial charge is 0.323 e. The van der Waals surface area contributed by atoms with Gasteiger partial charge in [0.2, 0.25) is 5.95 Å². The van der Waals surface area contributed by atoms with Gasteiger partial charge in [-0.05, 0) is 42.7 Å². The van der Waals surface area contributed by atoms with Gasteiger partial charge in [0, 0.05) is 44.8 Å². The summed E-state index contributed by atoms with van der Waals surface area (Å²) < 4.78 is 11.1. The second-order valence-corrected chi connectivity index (χ2v) is 8.68. The van der Waals surface area contributed by atoms with Crippen molar-refractivity contribution in [2.75, 3.05) is 37.4 Å². The Bertz CT molecular complexity index is 1010. The molecule has 0 atom stereocenters. The molecule has 8 nitrogen and oxygen atoms in total. The molecule has 162 valence electrons. The van der Waals surface area contributed by atoms with Crippen molar-refractivity contribution in [2.45, 2.75) is 37.5 Å². The Balaban J connectivity index is 1.34. The Kier molecular flexibility index (Phi) is 5.31. The predicted octanol–water partition coefficient (Wildman–Crippen LogP) is 3.44. The lowest BCUT2D eigenvalue weighted by Crippen LogP contribution is -2.36. The highest BCUT2D eigenvalue weighted by Crippen LogP contribution is 2.48. The summed E-state index contributed by atoms with van der Waals surface area (Å²) in [6, 6.07) is 9.12. The molecule has 0 radical (unpaired) electrons. The Hall–Kier alpha value is -3.00. The SMILES string of the molecule is CN(CC1CCOCC1)c1nc(C2(c3ccc(-c4cnc(N)nc4)cc3)CCC2)no1. The number of benzene rings is 1. The van der Waals surface area contributed by atoms with E-state index in [2.05, 4.69) is 44.3 Å². The maximum absolute atomic E-state index is 5.68. The van der Waals surface area contributed by atoms with Crippen molar-refractivity contribution in [3.8, 4) is 11.1 Å². The van der Waals surface area contributed by atoms with E-state index in [9.17, 15) is 0 Å². The van der Waals surface area contributed by atoms with Crippen molar-refractivity contribution in [1.29, 1.82) is 0 Å². The minimum atomic E-state index is -0.169. The molecule has 1 aliphatic heterocycles. The molecule has 8 heteroatoms. The van der Waals surface area contributed by atoms with Crippen molar-refractivity contribution in [3.63, 3.8) is 0 Å². The number of aromatic nitrogens is 4. The van der Waals surface area contributed by atoms with E-state index in [4.69, 9.17) is 20.0 Å². The highest BCUT2D eigenvalue weighted by Gasteiger charge is 2.44. The van der Waals surface area contributed by atoms with E-state index in [1.807, 2.05) is 7.05 Å². The van der Waals surface area contributed by atoms with Gasteiger partial charge < -0.3 is 19.9 Å². The van der Waals surface area contributed by atoms with Gasteiger partial charge in [-0.2, -0.15) is 4.98 Å². The molecule has 0 spiro atoms. The summed E-state index contributed by atoms with van der Waals surface area (Å²) in [5.41, 5.74) is 8.65. The van der Waals surface area contributed by atoms with Crippen LogP contribution < -0.4 is 10.6 Å². The number of anilines is 2. The van der Waals surface area contributed by atoms with Gasteiger partial charge in [0.05, 0.1) is 5.41 Å². The minimum Gasteiger partial charge on any atom is -0.381 e. The predicted molar refractivity (Wildman–Crippen MR) is 118 cm³/mol. The summed E-state index contributed by atoms with van der Waals surface area (Å²) in [4.78, 5) is 15.1. The largest absolute Gasteiger partial charge is 0.381 e. The number of nitrogen functional groups attached to an aromatic ring is 1. The molecule has 0 amide bonds. The van der Waals surface area contributed by atoms with Crippen LogP contribution in [0.15, 0.2) is 41.2 Å². The lowest BCUT2D eigenvalue weighted by molar-refractivity contribution is 0.0682. The third kappa shape index (κ3) is 3.87. The van der Waals surface area contributed by atoms with Crippen LogP contribution >= 0.6 is 0 Å². The third-order valence-electron chi connectivity index (χ3n) is 6.69. The van der Waals surface area contributed by atoms with Crippen LogP contribution in [0.3, 0.4) is 0 Å². The molecule has 1 saturated heterocycles. The van der Waals surface area contributed by atoms with Gasteiger partial charge in [0.25, 0.3) is 0 Å². The van der Waals surface area contributed by atoms with Crippen molar-refractivity contribution in [2.24, 2.45) is 5.92 Å². The van der Waals surface area contributed by atoms with E-state index in [0.29, 0.717) is 11.9 Å². The van der Waals surface area contributed by atoms with Crippen LogP contribution in [0.5, 0.6) is 0 Å². The fourth-order valence-electron chi connectivity index (χ4n) is 4.60. The van der Waals surface area contributed by atoms with Crippen molar-refractivity contribution in [1.82, 2.24) is 20.1 Å². The van der Waals surface area contributed by atoms with Gasteiger partial charge in [0.1, 0.15) is 0 Å². The normalized spacial score (nSPS) is 18.5. The lowest BCUT2D eigenvalue weighted by atomic mass is 9.64. The van der Waals surface area contributed by atoms with Gasteiger partial charge in [0.15, 0.2) is 5.82 Å². The molecule has 3 heterocycles. The molecule has 2 aromatic heterocycles. The average molecular weight is 421 g/mol. The summed E-state index contributed by atoms with van der Waals surface area (Å²) in [5.74, 6) is 1.68. The molecule has 2 aliphatic rings. The summed E-state index contributed by atoms with van der Waals surface area (Å²) in [5, 5.41) is 4.40. The van der Waals surface area contributed by atoms with Crippen LogP contribution in [0.25, 0.3) is 11.1 Å². The number of nitrogens with zero attached hydrogens (tertiary/aromatic N) is 5. The highest BCUT2D eigenvalue weighted by molar-refractivity contribution is 5.62. The van der Waals surface area contributed by atoms with Gasteiger partial charge in [-0.15, -0.1) is 0 Å². The zero-order chi connectivity index (χ0) is 21.3. The van der Waals surface area contributed by atoms with Crippen molar-refractivity contribution in [3.05, 3.63) is 48.0 Å². The fraction of sp³-hybridized carbons (Fsp3) is 0.478. The zero-order valence-electron chi connectivity index (χ0n) is 17.8. The van der Waals surface area contributed by atoms with Crippen LogP contribution in [0.4, 0.5) is 12.0 Å². The molecule has 1 saturated carbocycles. The Morgan fingerprint density at radius 1 is 1.06 bits per heavy atom. The molecule has 5 rings (SSSR count). The minimum absolute atomic E-state index is 0.169. The van der Waals surface area contributed by atoms with Crippen LogP contribution in [0, 0.1) is 5.92 Å².